The molecule has 1 atom stereocenters. The molecule has 19 heavy (non-hydrogen) atoms. The van der Waals surface area contributed by atoms with E-state index in [9.17, 15) is 4.39 Å². The molecule has 102 valence electrons. The first kappa shape index (κ1) is 13.5. The van der Waals surface area contributed by atoms with E-state index in [1.54, 1.807) is 12.3 Å². The quantitative estimate of drug-likeness (QED) is 0.830. The third-order valence-corrected chi connectivity index (χ3v) is 3.33. The maximum atomic E-state index is 14.0. The van der Waals surface area contributed by atoms with Gasteiger partial charge in [0.05, 0.1) is 11.2 Å². The number of benzene rings is 1. The molecular weight excluding hydrogens is 243 g/mol. The second-order valence-corrected chi connectivity index (χ2v) is 4.92. The van der Waals surface area contributed by atoms with Crippen LogP contribution in [-0.2, 0) is 0 Å². The molecule has 0 aliphatic heterocycles. The van der Waals surface area contributed by atoms with Gasteiger partial charge >= 0.3 is 0 Å². The minimum atomic E-state index is -0.366. The summed E-state index contributed by atoms with van der Waals surface area (Å²) in [6.45, 7) is 2.71. The topological polar surface area (TPSA) is 54.2 Å². The van der Waals surface area contributed by atoms with E-state index in [4.69, 9.17) is 5.73 Å². The van der Waals surface area contributed by atoms with Crippen molar-refractivity contribution in [2.75, 3.05) is 31.7 Å². The molecule has 0 radical (unpaired) electrons. The summed E-state index contributed by atoms with van der Waals surface area (Å²) >= 11 is 0. The molecule has 0 saturated heterocycles. The molecule has 0 bridgehead atoms. The van der Waals surface area contributed by atoms with Crippen LogP contribution < -0.4 is 11.1 Å². The highest BCUT2D eigenvalue weighted by molar-refractivity contribution is 5.98. The molecule has 1 unspecified atom stereocenters. The number of nitrogen functional groups attached to an aromatic ring is 1. The van der Waals surface area contributed by atoms with Crippen LogP contribution in [0.25, 0.3) is 10.9 Å². The number of likely N-dealkylation sites (N-methyl/N-ethyl adjacent to an activating group) is 1. The highest BCUT2D eigenvalue weighted by atomic mass is 19.1. The molecule has 1 aromatic carbocycles. The molecule has 0 amide bonds. The first-order valence-electron chi connectivity index (χ1n) is 6.23. The van der Waals surface area contributed by atoms with E-state index in [1.165, 1.54) is 6.07 Å². The molecule has 2 aromatic rings. The zero-order valence-electron chi connectivity index (χ0n) is 11.4. The first-order chi connectivity index (χ1) is 9.00. The Kier molecular flexibility index (Phi) is 3.85. The highest BCUT2D eigenvalue weighted by Gasteiger charge is 2.13. The van der Waals surface area contributed by atoms with E-state index >= 15 is 0 Å². The number of fused-ring (bicyclic) bond motifs is 1. The standard InChI is InChI=1S/C14H19FN4/c1-9(19(2)3)8-18-14-11(15)7-12(16)10-5-4-6-17-13(10)14/h4-7,9,18H,8,16H2,1-3H3. The molecule has 4 nitrogen and oxygen atoms in total. The Balaban J connectivity index is 2.37. The number of aromatic nitrogens is 1. The maximum absolute atomic E-state index is 14.0. The summed E-state index contributed by atoms with van der Waals surface area (Å²) in [6, 6.07) is 5.27. The van der Waals surface area contributed by atoms with E-state index in [-0.39, 0.29) is 11.9 Å². The summed E-state index contributed by atoms with van der Waals surface area (Å²) in [5.74, 6) is -0.366. The van der Waals surface area contributed by atoms with Gasteiger partial charge in [-0.25, -0.2) is 4.39 Å². The number of hydrogen-bond acceptors (Lipinski definition) is 4. The van der Waals surface area contributed by atoms with Crippen LogP contribution in [0.4, 0.5) is 15.8 Å². The Morgan fingerprint density at radius 1 is 1.47 bits per heavy atom. The van der Waals surface area contributed by atoms with Crippen LogP contribution in [0.5, 0.6) is 0 Å². The lowest BCUT2D eigenvalue weighted by Crippen LogP contribution is -2.31. The zero-order valence-corrected chi connectivity index (χ0v) is 11.4. The van der Waals surface area contributed by atoms with Crippen molar-refractivity contribution >= 4 is 22.3 Å². The van der Waals surface area contributed by atoms with Crippen LogP contribution in [0.15, 0.2) is 24.4 Å². The molecule has 3 N–H and O–H groups in total. The van der Waals surface area contributed by atoms with Crippen molar-refractivity contribution in [1.82, 2.24) is 9.88 Å². The van der Waals surface area contributed by atoms with Crippen LogP contribution in [0.1, 0.15) is 6.92 Å². The molecular formula is C14H19FN4. The second-order valence-electron chi connectivity index (χ2n) is 4.92. The number of anilines is 2. The summed E-state index contributed by atoms with van der Waals surface area (Å²) in [7, 11) is 3.98. The number of nitrogens with one attached hydrogen (secondary N) is 1. The van der Waals surface area contributed by atoms with Crippen LogP contribution in [0.3, 0.4) is 0 Å². The van der Waals surface area contributed by atoms with Crippen molar-refractivity contribution in [2.45, 2.75) is 13.0 Å². The third-order valence-electron chi connectivity index (χ3n) is 3.33. The maximum Gasteiger partial charge on any atom is 0.150 e. The van der Waals surface area contributed by atoms with Gasteiger partial charge in [-0.15, -0.1) is 0 Å². The summed E-state index contributed by atoms with van der Waals surface area (Å²) in [5.41, 5.74) is 7.21. The SMILES string of the molecule is CC(CNc1c(F)cc(N)c2cccnc12)N(C)C. The van der Waals surface area contributed by atoms with Gasteiger partial charge < -0.3 is 16.0 Å². The smallest absolute Gasteiger partial charge is 0.150 e. The van der Waals surface area contributed by atoms with E-state index in [1.807, 2.05) is 20.2 Å². The number of halogens is 1. The Bertz CT molecular complexity index is 583. The molecule has 0 saturated carbocycles. The van der Waals surface area contributed by atoms with Crippen molar-refractivity contribution in [1.29, 1.82) is 0 Å². The molecule has 0 fully saturated rings. The molecule has 1 heterocycles. The van der Waals surface area contributed by atoms with Gasteiger partial charge in [0, 0.05) is 29.9 Å². The summed E-state index contributed by atoms with van der Waals surface area (Å²) < 4.78 is 14.0. The minimum Gasteiger partial charge on any atom is -0.398 e. The monoisotopic (exact) mass is 262 g/mol. The van der Waals surface area contributed by atoms with Crippen LogP contribution in [0, 0.1) is 5.82 Å². The predicted molar refractivity (Wildman–Crippen MR) is 77.8 cm³/mol. The van der Waals surface area contributed by atoms with Gasteiger partial charge in [-0.2, -0.15) is 0 Å². The zero-order chi connectivity index (χ0) is 14.0. The predicted octanol–water partition coefficient (Wildman–Crippen LogP) is 2.32. The summed E-state index contributed by atoms with van der Waals surface area (Å²) in [5, 5.41) is 3.90. The lowest BCUT2D eigenvalue weighted by Gasteiger charge is -2.21. The van der Waals surface area contributed by atoms with Crippen molar-refractivity contribution < 1.29 is 4.39 Å². The Labute approximate surface area is 112 Å². The lowest BCUT2D eigenvalue weighted by molar-refractivity contribution is 0.326. The Hall–Kier alpha value is -1.88. The average Bonchev–Trinajstić information content (AvgIpc) is 2.38. The highest BCUT2D eigenvalue weighted by Crippen LogP contribution is 2.29. The first-order valence-corrected chi connectivity index (χ1v) is 6.23. The fourth-order valence-electron chi connectivity index (χ4n) is 1.84. The van der Waals surface area contributed by atoms with E-state index in [0.717, 1.165) is 5.39 Å². The van der Waals surface area contributed by atoms with Crippen LogP contribution in [-0.4, -0.2) is 36.6 Å². The molecule has 0 aliphatic rings. The molecule has 0 spiro atoms. The van der Waals surface area contributed by atoms with E-state index in [2.05, 4.69) is 22.1 Å². The van der Waals surface area contributed by atoms with Crippen molar-refractivity contribution in [3.05, 3.63) is 30.2 Å². The van der Waals surface area contributed by atoms with Crippen molar-refractivity contribution in [3.63, 3.8) is 0 Å². The lowest BCUT2D eigenvalue weighted by atomic mass is 10.1. The van der Waals surface area contributed by atoms with Gasteiger partial charge in [-0.3, -0.25) is 4.98 Å². The fourth-order valence-corrected chi connectivity index (χ4v) is 1.84. The van der Waals surface area contributed by atoms with E-state index < -0.39 is 0 Å². The van der Waals surface area contributed by atoms with Gasteiger partial charge in [0.15, 0.2) is 5.82 Å². The average molecular weight is 262 g/mol. The van der Waals surface area contributed by atoms with Gasteiger partial charge in [-0.05, 0) is 39.2 Å². The molecule has 1 aromatic heterocycles. The van der Waals surface area contributed by atoms with Crippen LogP contribution in [0.2, 0.25) is 0 Å². The molecule has 2 rings (SSSR count). The van der Waals surface area contributed by atoms with Gasteiger partial charge in [-0.1, -0.05) is 0 Å². The largest absolute Gasteiger partial charge is 0.398 e. The number of hydrogen-bond donors (Lipinski definition) is 2. The van der Waals surface area contributed by atoms with Gasteiger partial charge in [0.2, 0.25) is 0 Å². The molecule has 5 heteroatoms. The minimum absolute atomic E-state index is 0.288. The molecule has 0 aliphatic carbocycles. The van der Waals surface area contributed by atoms with Gasteiger partial charge in [0.25, 0.3) is 0 Å². The Morgan fingerprint density at radius 3 is 2.89 bits per heavy atom. The fraction of sp³-hybridized carbons (Fsp3) is 0.357. The number of rotatable bonds is 4. The van der Waals surface area contributed by atoms with E-state index in [0.29, 0.717) is 23.4 Å². The normalized spacial score (nSPS) is 12.9. The second kappa shape index (κ2) is 5.40. The van der Waals surface area contributed by atoms with Gasteiger partial charge in [0.1, 0.15) is 0 Å². The summed E-state index contributed by atoms with van der Waals surface area (Å²) in [4.78, 5) is 6.30. The Morgan fingerprint density at radius 2 is 2.21 bits per heavy atom. The van der Waals surface area contributed by atoms with Crippen molar-refractivity contribution in [3.8, 4) is 0 Å². The van der Waals surface area contributed by atoms with Crippen LogP contribution >= 0.6 is 0 Å². The number of pyridine rings is 1. The number of nitrogens with two attached hydrogens (primary N) is 1. The summed E-state index contributed by atoms with van der Waals surface area (Å²) in [6.07, 6.45) is 1.64. The van der Waals surface area contributed by atoms with Crippen molar-refractivity contribution in [2.24, 2.45) is 0 Å². The third kappa shape index (κ3) is 2.76. The number of nitrogens with zero attached hydrogens (tertiary/aromatic N) is 2.